The van der Waals surface area contributed by atoms with Crippen LogP contribution in [0.2, 0.25) is 0 Å². The van der Waals surface area contributed by atoms with Gasteiger partial charge in [-0.3, -0.25) is 19.2 Å². The van der Waals surface area contributed by atoms with E-state index in [0.29, 0.717) is 32.4 Å². The largest absolute Gasteiger partial charge is 0.508 e. The first-order valence-electron chi connectivity index (χ1n) is 14.3. The third-order valence-electron chi connectivity index (χ3n) is 5.90. The van der Waals surface area contributed by atoms with E-state index in [4.69, 9.17) is 59.9 Å². The van der Waals surface area contributed by atoms with Gasteiger partial charge in [0.1, 0.15) is 29.9 Å². The summed E-state index contributed by atoms with van der Waals surface area (Å²) in [4.78, 5) is 41.0. The van der Waals surface area contributed by atoms with E-state index in [0.717, 1.165) is 36.8 Å². The summed E-state index contributed by atoms with van der Waals surface area (Å²) in [5, 5.41) is 42.6. The molecule has 0 amide bonds. The van der Waals surface area contributed by atoms with Gasteiger partial charge >= 0.3 is 23.9 Å². The number of carboxylic acid groups (broad SMARTS) is 4. The van der Waals surface area contributed by atoms with Gasteiger partial charge in [-0.05, 0) is 74.9 Å². The highest BCUT2D eigenvalue weighted by Gasteiger charge is 2.12. The van der Waals surface area contributed by atoms with Crippen LogP contribution in [0.1, 0.15) is 49.7 Å². The maximum Gasteiger partial charge on any atom is 0.320 e. The third kappa shape index (κ3) is 25.0. The van der Waals surface area contributed by atoms with Gasteiger partial charge in [0.25, 0.3) is 0 Å². The number of carboxylic acids is 4. The molecule has 0 aliphatic heterocycles. The van der Waals surface area contributed by atoms with E-state index in [1.165, 1.54) is 12.1 Å². The first kappa shape index (κ1) is 43.0. The van der Waals surface area contributed by atoms with E-state index >= 15 is 0 Å². The standard InChI is InChI=1S/C9H11NO3.C9H11NO2.2C6H14N2O2/c10-8(9(12)13)5-6-1-3-7(11)4-2-6;10-8(9(11)12)6-7-4-2-1-3-5-7;2*7-4-2-1-3-5(8)6(9)10/h1-4,8,11H,5,10H2,(H,12,13);1-5,8H,6,10H2,(H,11,12);2*5H,1-4,7-8H2,(H,9,10). The molecular weight excluding hydrogens is 588 g/mol. The lowest BCUT2D eigenvalue weighted by Gasteiger charge is -2.05. The van der Waals surface area contributed by atoms with Gasteiger partial charge in [-0.15, -0.1) is 0 Å². The van der Waals surface area contributed by atoms with E-state index in [9.17, 15) is 19.2 Å². The molecule has 4 atom stereocenters. The fourth-order valence-electron chi connectivity index (χ4n) is 3.19. The number of hydrogen-bond donors (Lipinski definition) is 11. The van der Waals surface area contributed by atoms with Gasteiger partial charge in [0.15, 0.2) is 0 Å². The zero-order chi connectivity index (χ0) is 34.8. The minimum atomic E-state index is -1.02. The average molecular weight is 639 g/mol. The van der Waals surface area contributed by atoms with Gasteiger partial charge < -0.3 is 59.9 Å². The SMILES string of the molecule is NC(Cc1ccc(O)cc1)C(=O)O.NC(Cc1ccccc1)C(=O)O.NCCCCC(N)C(=O)O.NCCCCC(N)C(=O)O. The molecule has 17 N–H and O–H groups in total. The minimum absolute atomic E-state index is 0.160. The van der Waals surface area contributed by atoms with Gasteiger partial charge in [-0.25, -0.2) is 0 Å². The predicted molar refractivity (Wildman–Crippen MR) is 170 cm³/mol. The van der Waals surface area contributed by atoms with Gasteiger partial charge in [-0.1, -0.05) is 55.3 Å². The maximum absolute atomic E-state index is 10.4. The number of hydrogen-bond acceptors (Lipinski definition) is 11. The number of aliphatic carboxylic acids is 4. The average Bonchev–Trinajstić information content (AvgIpc) is 2.99. The number of carbonyl (C=O) groups is 4. The Labute approximate surface area is 263 Å². The number of phenols is 1. The molecule has 0 aliphatic carbocycles. The summed E-state index contributed by atoms with van der Waals surface area (Å²) >= 11 is 0. The summed E-state index contributed by atoms with van der Waals surface area (Å²) in [6.45, 7) is 1.21. The first-order chi connectivity index (χ1) is 21.2. The van der Waals surface area contributed by atoms with E-state index < -0.39 is 48.0 Å². The smallest absolute Gasteiger partial charge is 0.320 e. The molecule has 0 bridgehead atoms. The van der Waals surface area contributed by atoms with Gasteiger partial charge in [0.05, 0.1) is 0 Å². The number of nitrogens with two attached hydrogens (primary N) is 6. The Hall–Kier alpha value is -4.12. The van der Waals surface area contributed by atoms with Crippen molar-refractivity contribution in [3.63, 3.8) is 0 Å². The van der Waals surface area contributed by atoms with Crippen molar-refractivity contribution in [2.45, 2.75) is 75.5 Å². The van der Waals surface area contributed by atoms with Crippen LogP contribution in [-0.4, -0.2) is 86.7 Å². The Morgan fingerprint density at radius 3 is 1.16 bits per heavy atom. The van der Waals surface area contributed by atoms with Crippen molar-refractivity contribution >= 4 is 23.9 Å². The van der Waals surface area contributed by atoms with Crippen molar-refractivity contribution in [1.29, 1.82) is 0 Å². The number of rotatable bonds is 16. The van der Waals surface area contributed by atoms with Crippen molar-refractivity contribution < 1.29 is 44.7 Å². The lowest BCUT2D eigenvalue weighted by atomic mass is 10.1. The van der Waals surface area contributed by atoms with Crippen LogP contribution in [-0.2, 0) is 32.0 Å². The Balaban J connectivity index is 0. The fourth-order valence-corrected chi connectivity index (χ4v) is 3.19. The summed E-state index contributed by atoms with van der Waals surface area (Å²) in [6.07, 6.45) is 4.99. The molecule has 15 nitrogen and oxygen atoms in total. The molecule has 0 saturated carbocycles. The van der Waals surface area contributed by atoms with Crippen LogP contribution in [0.3, 0.4) is 0 Å². The molecule has 0 radical (unpaired) electrons. The van der Waals surface area contributed by atoms with E-state index in [1.807, 2.05) is 30.3 Å². The molecule has 0 aliphatic rings. The molecule has 4 unspecified atom stereocenters. The molecule has 2 rings (SSSR count). The second-order valence-electron chi connectivity index (χ2n) is 9.91. The van der Waals surface area contributed by atoms with Crippen molar-refractivity contribution in [3.05, 3.63) is 65.7 Å². The van der Waals surface area contributed by atoms with E-state index in [-0.39, 0.29) is 12.2 Å². The van der Waals surface area contributed by atoms with Crippen LogP contribution >= 0.6 is 0 Å². The molecule has 2 aromatic rings. The second-order valence-corrected chi connectivity index (χ2v) is 9.91. The first-order valence-corrected chi connectivity index (χ1v) is 14.3. The molecule has 254 valence electrons. The van der Waals surface area contributed by atoms with Crippen LogP contribution < -0.4 is 34.4 Å². The molecule has 0 fully saturated rings. The lowest BCUT2D eigenvalue weighted by molar-refractivity contribution is -0.139. The summed E-state index contributed by atoms with van der Waals surface area (Å²) in [6, 6.07) is 12.5. The monoisotopic (exact) mass is 638 g/mol. The molecule has 0 spiro atoms. The Morgan fingerprint density at radius 2 is 0.844 bits per heavy atom. The summed E-state index contributed by atoms with van der Waals surface area (Å²) in [5.41, 5.74) is 33.3. The fraction of sp³-hybridized carbons (Fsp3) is 0.467. The molecule has 0 saturated heterocycles. The van der Waals surface area contributed by atoms with Crippen LogP contribution in [0.5, 0.6) is 5.75 Å². The van der Waals surface area contributed by atoms with Crippen molar-refractivity contribution in [2.75, 3.05) is 13.1 Å². The lowest BCUT2D eigenvalue weighted by Crippen LogP contribution is -2.32. The molecule has 0 heterocycles. The van der Waals surface area contributed by atoms with E-state index in [1.54, 1.807) is 12.1 Å². The summed E-state index contributed by atoms with van der Waals surface area (Å²) < 4.78 is 0. The maximum atomic E-state index is 10.4. The predicted octanol–water partition coefficient (Wildman–Crippen LogP) is 0.0422. The van der Waals surface area contributed by atoms with Crippen molar-refractivity contribution in [1.82, 2.24) is 0 Å². The van der Waals surface area contributed by atoms with Crippen molar-refractivity contribution in [2.24, 2.45) is 34.4 Å². The van der Waals surface area contributed by atoms with Crippen LogP contribution in [0.25, 0.3) is 0 Å². The van der Waals surface area contributed by atoms with Crippen LogP contribution in [0.15, 0.2) is 54.6 Å². The van der Waals surface area contributed by atoms with Gasteiger partial charge in [0, 0.05) is 0 Å². The summed E-state index contributed by atoms with van der Waals surface area (Å²) in [7, 11) is 0. The Morgan fingerprint density at radius 1 is 0.511 bits per heavy atom. The number of unbranched alkanes of at least 4 members (excludes halogenated alkanes) is 2. The zero-order valence-corrected chi connectivity index (χ0v) is 25.4. The van der Waals surface area contributed by atoms with Gasteiger partial charge in [-0.2, -0.15) is 0 Å². The summed E-state index contributed by atoms with van der Waals surface area (Å²) in [5.74, 6) is -3.69. The van der Waals surface area contributed by atoms with Gasteiger partial charge in [0.2, 0.25) is 0 Å². The molecular formula is C30H50N6O9. The molecule has 2 aromatic carbocycles. The Kier molecular flexibility index (Phi) is 25.1. The highest BCUT2D eigenvalue weighted by Crippen LogP contribution is 2.10. The third-order valence-corrected chi connectivity index (χ3v) is 5.90. The minimum Gasteiger partial charge on any atom is -0.508 e. The normalized spacial score (nSPS) is 12.7. The Bertz CT molecular complexity index is 1070. The highest BCUT2D eigenvalue weighted by molar-refractivity contribution is 5.74. The van der Waals surface area contributed by atoms with Crippen molar-refractivity contribution in [3.8, 4) is 5.75 Å². The number of aromatic hydroxyl groups is 1. The number of phenolic OH excluding ortho intramolecular Hbond substituents is 1. The van der Waals surface area contributed by atoms with Crippen LogP contribution in [0, 0.1) is 0 Å². The molecule has 45 heavy (non-hydrogen) atoms. The highest BCUT2D eigenvalue weighted by atomic mass is 16.4. The quantitative estimate of drug-likeness (QED) is 0.108. The molecule has 0 aromatic heterocycles. The van der Waals surface area contributed by atoms with E-state index in [2.05, 4.69) is 0 Å². The molecule has 15 heteroatoms. The topological polar surface area (TPSA) is 326 Å². The number of benzene rings is 2. The second kappa shape index (κ2) is 26.3. The van der Waals surface area contributed by atoms with Crippen LogP contribution in [0.4, 0.5) is 0 Å². The zero-order valence-electron chi connectivity index (χ0n) is 25.4.